The largest absolute Gasteiger partial charge is 0.333 e. The summed E-state index contributed by atoms with van der Waals surface area (Å²) in [5, 5.41) is 5.21. The lowest BCUT2D eigenvalue weighted by molar-refractivity contribution is 0.901. The van der Waals surface area contributed by atoms with Crippen LogP contribution in [0.1, 0.15) is 5.82 Å². The lowest BCUT2D eigenvalue weighted by Gasteiger charge is -2.03. The number of aryl methyl sites for hydroxylation is 1. The predicted octanol–water partition coefficient (Wildman–Crippen LogP) is 3.17. The van der Waals surface area contributed by atoms with E-state index in [9.17, 15) is 0 Å². The number of imidazole rings is 1. The van der Waals surface area contributed by atoms with Gasteiger partial charge in [-0.3, -0.25) is 5.43 Å². The summed E-state index contributed by atoms with van der Waals surface area (Å²) in [6, 6.07) is 5.14. The average molecular weight is 269 g/mol. The van der Waals surface area contributed by atoms with Crippen LogP contribution < -0.4 is 5.43 Å². The predicted molar refractivity (Wildman–Crippen MR) is 70.9 cm³/mol. The zero-order chi connectivity index (χ0) is 12.3. The molecule has 1 aromatic carbocycles. The molecule has 2 rings (SSSR count). The fraction of sp³-hybridized carbons (Fsp3) is 0.0909. The Morgan fingerprint density at radius 2 is 2.24 bits per heavy atom. The first-order chi connectivity index (χ1) is 8.16. The van der Waals surface area contributed by atoms with Crippen LogP contribution in [0.5, 0.6) is 0 Å². The molecule has 6 heteroatoms. The van der Waals surface area contributed by atoms with Crippen LogP contribution in [-0.2, 0) is 7.05 Å². The number of anilines is 1. The molecule has 0 aliphatic heterocycles. The Hall–Kier alpha value is -1.52. The number of hydrogen-bond acceptors (Lipinski definition) is 3. The van der Waals surface area contributed by atoms with Crippen LogP contribution in [0.15, 0.2) is 35.7 Å². The maximum absolute atomic E-state index is 5.97. The molecule has 1 heterocycles. The van der Waals surface area contributed by atoms with E-state index in [1.165, 1.54) is 0 Å². The Balaban J connectivity index is 2.10. The Morgan fingerprint density at radius 3 is 2.94 bits per heavy atom. The van der Waals surface area contributed by atoms with E-state index < -0.39 is 0 Å². The average Bonchev–Trinajstić information content (AvgIpc) is 2.70. The molecule has 0 bridgehead atoms. The second-order valence-corrected chi connectivity index (χ2v) is 4.23. The number of hydrogen-bond donors (Lipinski definition) is 1. The molecule has 0 spiro atoms. The molecule has 0 amide bonds. The van der Waals surface area contributed by atoms with E-state index in [4.69, 9.17) is 23.2 Å². The fourth-order valence-corrected chi connectivity index (χ4v) is 1.58. The monoisotopic (exact) mass is 268 g/mol. The standard InChI is InChI=1S/C11H10Cl2N4/c1-17-5-4-14-11(17)7-15-16-10-6-8(12)2-3-9(10)13/h2-7,16H,1H3/b15-7-. The van der Waals surface area contributed by atoms with Crippen molar-refractivity contribution >= 4 is 35.1 Å². The van der Waals surface area contributed by atoms with E-state index in [-0.39, 0.29) is 0 Å². The van der Waals surface area contributed by atoms with Crippen molar-refractivity contribution in [2.75, 3.05) is 5.43 Å². The van der Waals surface area contributed by atoms with Crippen LogP contribution >= 0.6 is 23.2 Å². The Bertz CT molecular complexity index is 548. The van der Waals surface area contributed by atoms with Gasteiger partial charge in [0.1, 0.15) is 0 Å². The van der Waals surface area contributed by atoms with Crippen molar-refractivity contribution in [3.05, 3.63) is 46.5 Å². The van der Waals surface area contributed by atoms with Crippen LogP contribution in [0.4, 0.5) is 5.69 Å². The third-order valence-corrected chi connectivity index (χ3v) is 2.72. The summed E-state index contributed by atoms with van der Waals surface area (Å²) in [6.07, 6.45) is 5.15. The van der Waals surface area contributed by atoms with Gasteiger partial charge in [0, 0.05) is 24.5 Å². The first kappa shape index (κ1) is 12.0. The summed E-state index contributed by atoms with van der Waals surface area (Å²) in [5.74, 6) is 0.746. The Kier molecular flexibility index (Phi) is 3.66. The van der Waals surface area contributed by atoms with Crippen LogP contribution in [0.2, 0.25) is 10.0 Å². The normalized spacial score (nSPS) is 11.0. The first-order valence-corrected chi connectivity index (χ1v) is 5.64. The van der Waals surface area contributed by atoms with Crippen molar-refractivity contribution in [3.8, 4) is 0 Å². The molecule has 0 fully saturated rings. The van der Waals surface area contributed by atoms with E-state index >= 15 is 0 Å². The molecule has 17 heavy (non-hydrogen) atoms. The molecule has 2 aromatic rings. The topological polar surface area (TPSA) is 42.2 Å². The van der Waals surface area contributed by atoms with Gasteiger partial charge in [0.2, 0.25) is 0 Å². The van der Waals surface area contributed by atoms with Crippen molar-refractivity contribution in [3.63, 3.8) is 0 Å². The Labute approximate surface area is 109 Å². The SMILES string of the molecule is Cn1ccnc1/C=N\Nc1cc(Cl)ccc1Cl. The van der Waals surface area contributed by atoms with Crippen molar-refractivity contribution in [2.45, 2.75) is 0 Å². The maximum atomic E-state index is 5.97. The van der Waals surface area contributed by atoms with Gasteiger partial charge in [0.15, 0.2) is 5.82 Å². The van der Waals surface area contributed by atoms with Crippen molar-refractivity contribution < 1.29 is 0 Å². The minimum atomic E-state index is 0.561. The zero-order valence-corrected chi connectivity index (χ0v) is 10.6. The number of nitrogens with one attached hydrogen (secondary N) is 1. The van der Waals surface area contributed by atoms with Crippen LogP contribution in [0.3, 0.4) is 0 Å². The molecule has 1 aromatic heterocycles. The van der Waals surface area contributed by atoms with Crippen molar-refractivity contribution in [2.24, 2.45) is 12.1 Å². The fourth-order valence-electron chi connectivity index (χ4n) is 1.24. The molecule has 0 radical (unpaired) electrons. The van der Waals surface area contributed by atoms with E-state index in [1.807, 2.05) is 17.8 Å². The summed E-state index contributed by atoms with van der Waals surface area (Å²) >= 11 is 11.8. The van der Waals surface area contributed by atoms with Crippen LogP contribution in [-0.4, -0.2) is 15.8 Å². The highest BCUT2D eigenvalue weighted by atomic mass is 35.5. The van der Waals surface area contributed by atoms with E-state index in [1.54, 1.807) is 30.6 Å². The molecule has 4 nitrogen and oxygen atoms in total. The number of rotatable bonds is 3. The molecule has 0 saturated carbocycles. The molecule has 0 unspecified atom stereocenters. The molecule has 0 aliphatic rings. The van der Waals surface area contributed by atoms with E-state index in [0.29, 0.717) is 15.7 Å². The van der Waals surface area contributed by atoms with Crippen LogP contribution in [0.25, 0.3) is 0 Å². The van der Waals surface area contributed by atoms with Gasteiger partial charge >= 0.3 is 0 Å². The molecule has 0 aliphatic carbocycles. The van der Waals surface area contributed by atoms with Gasteiger partial charge in [-0.2, -0.15) is 5.10 Å². The second-order valence-electron chi connectivity index (χ2n) is 3.39. The highest BCUT2D eigenvalue weighted by Crippen LogP contribution is 2.25. The number of hydrazone groups is 1. The summed E-state index contributed by atoms with van der Waals surface area (Å²) in [7, 11) is 1.89. The highest BCUT2D eigenvalue weighted by Gasteiger charge is 1.99. The molecule has 1 N–H and O–H groups in total. The van der Waals surface area contributed by atoms with Crippen molar-refractivity contribution in [1.82, 2.24) is 9.55 Å². The third-order valence-electron chi connectivity index (χ3n) is 2.15. The second kappa shape index (κ2) is 5.21. The number of nitrogens with zero attached hydrogens (tertiary/aromatic N) is 3. The van der Waals surface area contributed by atoms with Gasteiger partial charge in [0.05, 0.1) is 16.9 Å². The smallest absolute Gasteiger partial charge is 0.152 e. The lowest BCUT2D eigenvalue weighted by atomic mass is 10.3. The number of aromatic nitrogens is 2. The third kappa shape index (κ3) is 2.99. The molecule has 0 atom stereocenters. The zero-order valence-electron chi connectivity index (χ0n) is 9.06. The molecular formula is C11H10Cl2N4. The molecule has 88 valence electrons. The summed E-state index contributed by atoms with van der Waals surface area (Å²) in [6.45, 7) is 0. The summed E-state index contributed by atoms with van der Waals surface area (Å²) < 4.78 is 1.85. The van der Waals surface area contributed by atoms with Crippen LogP contribution in [0, 0.1) is 0 Å². The summed E-state index contributed by atoms with van der Waals surface area (Å²) in [4.78, 5) is 4.10. The Morgan fingerprint density at radius 1 is 1.41 bits per heavy atom. The molecular weight excluding hydrogens is 259 g/mol. The van der Waals surface area contributed by atoms with Gasteiger partial charge in [0.25, 0.3) is 0 Å². The highest BCUT2D eigenvalue weighted by molar-refractivity contribution is 6.35. The number of halogens is 2. The first-order valence-electron chi connectivity index (χ1n) is 4.88. The number of benzene rings is 1. The van der Waals surface area contributed by atoms with Gasteiger partial charge in [-0.05, 0) is 18.2 Å². The van der Waals surface area contributed by atoms with E-state index in [0.717, 1.165) is 5.82 Å². The van der Waals surface area contributed by atoms with E-state index in [2.05, 4.69) is 15.5 Å². The van der Waals surface area contributed by atoms with Crippen molar-refractivity contribution in [1.29, 1.82) is 0 Å². The minimum Gasteiger partial charge on any atom is -0.333 e. The lowest BCUT2D eigenvalue weighted by Crippen LogP contribution is -1.98. The van der Waals surface area contributed by atoms with Gasteiger partial charge < -0.3 is 4.57 Å². The maximum Gasteiger partial charge on any atom is 0.152 e. The van der Waals surface area contributed by atoms with Gasteiger partial charge in [-0.25, -0.2) is 4.98 Å². The summed E-state index contributed by atoms with van der Waals surface area (Å²) in [5.41, 5.74) is 3.48. The molecule has 0 saturated heterocycles. The quantitative estimate of drug-likeness (QED) is 0.686. The minimum absolute atomic E-state index is 0.561. The van der Waals surface area contributed by atoms with Gasteiger partial charge in [-0.1, -0.05) is 23.2 Å². The van der Waals surface area contributed by atoms with Gasteiger partial charge in [-0.15, -0.1) is 0 Å².